The molecule has 0 bridgehead atoms. The number of hydrogen-bond donors (Lipinski definition) is 1. The van der Waals surface area contributed by atoms with Gasteiger partial charge in [-0.25, -0.2) is 8.42 Å². The molecule has 3 rings (SSSR count). The number of hydrogen-bond acceptors (Lipinski definition) is 5. The third kappa shape index (κ3) is 4.74. The molecule has 0 saturated carbocycles. The first kappa shape index (κ1) is 22.8. The molecule has 1 atom stereocenters. The number of halogens is 1. The number of sulfonamides is 1. The maximum Gasteiger partial charge on any atom is 0.243 e. The summed E-state index contributed by atoms with van der Waals surface area (Å²) in [4.78, 5) is 26.3. The molecule has 1 aromatic carbocycles. The van der Waals surface area contributed by atoms with Gasteiger partial charge in [0.15, 0.2) is 5.78 Å². The van der Waals surface area contributed by atoms with Crippen molar-refractivity contribution in [3.8, 4) is 0 Å². The molecule has 28 heavy (non-hydrogen) atoms. The average molecular weight is 430 g/mol. The molecule has 1 aromatic rings. The SMILES string of the molecule is CC(=O)c1ccc(S(=O)(=O)N2CCC(C(=O)N3CCNCC3C)CC2)cc1.Cl. The van der Waals surface area contributed by atoms with E-state index in [1.807, 2.05) is 11.8 Å². The van der Waals surface area contributed by atoms with E-state index in [0.717, 1.165) is 13.1 Å². The predicted octanol–water partition coefficient (Wildman–Crippen LogP) is 1.53. The summed E-state index contributed by atoms with van der Waals surface area (Å²) in [7, 11) is -3.60. The number of nitrogens with one attached hydrogen (secondary N) is 1. The molecule has 2 fully saturated rings. The third-order valence-electron chi connectivity index (χ3n) is 5.49. The first-order valence-electron chi connectivity index (χ1n) is 9.43. The Hall–Kier alpha value is -1.48. The highest BCUT2D eigenvalue weighted by molar-refractivity contribution is 7.89. The Labute approximate surface area is 172 Å². The number of piperidine rings is 1. The summed E-state index contributed by atoms with van der Waals surface area (Å²) in [5.41, 5.74) is 0.489. The lowest BCUT2D eigenvalue weighted by atomic mass is 9.95. The maximum atomic E-state index is 12.8. The van der Waals surface area contributed by atoms with Crippen molar-refractivity contribution in [2.24, 2.45) is 5.92 Å². The van der Waals surface area contributed by atoms with Crippen LogP contribution in [0.25, 0.3) is 0 Å². The van der Waals surface area contributed by atoms with Crippen molar-refractivity contribution in [3.63, 3.8) is 0 Å². The lowest BCUT2D eigenvalue weighted by Crippen LogP contribution is -2.55. The van der Waals surface area contributed by atoms with Crippen molar-refractivity contribution in [2.75, 3.05) is 32.7 Å². The van der Waals surface area contributed by atoms with Crippen LogP contribution in [0.1, 0.15) is 37.0 Å². The molecule has 2 aliphatic rings. The molecule has 1 unspecified atom stereocenters. The Morgan fingerprint density at radius 2 is 1.68 bits per heavy atom. The molecule has 156 valence electrons. The van der Waals surface area contributed by atoms with Crippen molar-refractivity contribution < 1.29 is 18.0 Å². The van der Waals surface area contributed by atoms with Crippen molar-refractivity contribution in [3.05, 3.63) is 29.8 Å². The molecule has 0 aromatic heterocycles. The van der Waals surface area contributed by atoms with Crippen LogP contribution >= 0.6 is 12.4 Å². The van der Waals surface area contributed by atoms with Crippen molar-refractivity contribution >= 4 is 34.1 Å². The zero-order chi connectivity index (χ0) is 19.6. The molecule has 1 N–H and O–H groups in total. The summed E-state index contributed by atoms with van der Waals surface area (Å²) in [6.07, 6.45) is 1.08. The first-order chi connectivity index (χ1) is 12.8. The van der Waals surface area contributed by atoms with Gasteiger partial charge >= 0.3 is 0 Å². The van der Waals surface area contributed by atoms with E-state index in [-0.39, 0.29) is 41.0 Å². The van der Waals surface area contributed by atoms with Crippen LogP contribution in [0, 0.1) is 5.92 Å². The number of piperazine rings is 1. The van der Waals surface area contributed by atoms with Gasteiger partial charge in [-0.05, 0) is 38.8 Å². The van der Waals surface area contributed by atoms with E-state index in [1.54, 1.807) is 0 Å². The van der Waals surface area contributed by atoms with Crippen LogP contribution in [0.2, 0.25) is 0 Å². The number of nitrogens with zero attached hydrogens (tertiary/aromatic N) is 2. The summed E-state index contributed by atoms with van der Waals surface area (Å²) in [5.74, 6) is -0.0654. The fourth-order valence-corrected chi connectivity index (χ4v) is 5.23. The Kier molecular flexibility index (Phi) is 7.61. The molecule has 2 aliphatic heterocycles. The fourth-order valence-electron chi connectivity index (χ4n) is 3.76. The maximum absolute atomic E-state index is 12.8. The van der Waals surface area contributed by atoms with Gasteiger partial charge in [0.1, 0.15) is 0 Å². The zero-order valence-corrected chi connectivity index (χ0v) is 17.9. The molecule has 0 aliphatic carbocycles. The first-order valence-corrected chi connectivity index (χ1v) is 10.9. The number of rotatable bonds is 4. The topological polar surface area (TPSA) is 86.8 Å². The number of carbonyl (C=O) groups excluding carboxylic acids is 2. The molecule has 7 nitrogen and oxygen atoms in total. The van der Waals surface area contributed by atoms with E-state index in [2.05, 4.69) is 5.32 Å². The Bertz CT molecular complexity index is 805. The standard InChI is InChI=1S/C19H27N3O4S.ClH/c1-14-13-20-9-12-22(14)19(24)17-7-10-21(11-8-17)27(25,26)18-5-3-16(4-6-18)15(2)23;/h3-6,14,17,20H,7-13H2,1-2H3;1H. The molecule has 9 heteroatoms. The molecular weight excluding hydrogens is 402 g/mol. The molecule has 2 saturated heterocycles. The van der Waals surface area contributed by atoms with E-state index >= 15 is 0 Å². The van der Waals surface area contributed by atoms with Crippen LogP contribution in [0.4, 0.5) is 0 Å². The molecule has 0 spiro atoms. The van der Waals surface area contributed by atoms with Gasteiger partial charge in [0.05, 0.1) is 4.90 Å². The van der Waals surface area contributed by atoms with Crippen molar-refractivity contribution in [2.45, 2.75) is 37.6 Å². The second-order valence-electron chi connectivity index (χ2n) is 7.34. The average Bonchev–Trinajstić information content (AvgIpc) is 2.68. The third-order valence-corrected chi connectivity index (χ3v) is 7.40. The van der Waals surface area contributed by atoms with E-state index in [0.29, 0.717) is 38.0 Å². The number of ketones is 1. The highest BCUT2D eigenvalue weighted by atomic mass is 35.5. The van der Waals surface area contributed by atoms with E-state index in [1.165, 1.54) is 35.5 Å². The monoisotopic (exact) mass is 429 g/mol. The predicted molar refractivity (Wildman–Crippen MR) is 109 cm³/mol. The minimum absolute atomic E-state index is 0. The Morgan fingerprint density at radius 3 is 2.21 bits per heavy atom. The smallest absolute Gasteiger partial charge is 0.243 e. The number of amides is 1. The zero-order valence-electron chi connectivity index (χ0n) is 16.3. The van der Waals surface area contributed by atoms with Crippen LogP contribution < -0.4 is 5.32 Å². The minimum atomic E-state index is -3.60. The number of benzene rings is 1. The van der Waals surface area contributed by atoms with Crippen molar-refractivity contribution in [1.29, 1.82) is 0 Å². The lowest BCUT2D eigenvalue weighted by molar-refractivity contribution is -0.139. The van der Waals surface area contributed by atoms with E-state index in [9.17, 15) is 18.0 Å². The van der Waals surface area contributed by atoms with E-state index < -0.39 is 10.0 Å². The van der Waals surface area contributed by atoms with Crippen LogP contribution in [0.15, 0.2) is 29.2 Å². The summed E-state index contributed by atoms with van der Waals surface area (Å²) in [6.45, 7) is 6.48. The van der Waals surface area contributed by atoms with Gasteiger partial charge in [-0.3, -0.25) is 9.59 Å². The normalized spacial score (nSPS) is 21.8. The number of Topliss-reactive ketones (excluding diaryl/α,β-unsaturated/α-hetero) is 1. The highest BCUT2D eigenvalue weighted by Crippen LogP contribution is 2.26. The summed E-state index contributed by atoms with van der Waals surface area (Å²) >= 11 is 0. The molecule has 2 heterocycles. The van der Waals surface area contributed by atoms with Crippen LogP contribution in [0.3, 0.4) is 0 Å². The molecular formula is C19H28ClN3O4S. The van der Waals surface area contributed by atoms with Crippen LogP contribution in [-0.4, -0.2) is 68.1 Å². The Morgan fingerprint density at radius 1 is 1.07 bits per heavy atom. The van der Waals surface area contributed by atoms with Gasteiger partial charge in [0.25, 0.3) is 0 Å². The van der Waals surface area contributed by atoms with Gasteiger partial charge < -0.3 is 10.2 Å². The quantitative estimate of drug-likeness (QED) is 0.733. The van der Waals surface area contributed by atoms with Gasteiger partial charge in [-0.2, -0.15) is 4.31 Å². The van der Waals surface area contributed by atoms with E-state index in [4.69, 9.17) is 0 Å². The summed E-state index contributed by atoms with van der Waals surface area (Å²) < 4.78 is 27.1. The highest BCUT2D eigenvalue weighted by Gasteiger charge is 2.35. The second kappa shape index (κ2) is 9.35. The molecule has 1 amide bonds. The fraction of sp³-hybridized carbons (Fsp3) is 0.579. The van der Waals surface area contributed by atoms with Gasteiger partial charge in [0, 0.05) is 50.2 Å². The molecule has 0 radical (unpaired) electrons. The van der Waals surface area contributed by atoms with Gasteiger partial charge in [-0.1, -0.05) is 12.1 Å². The van der Waals surface area contributed by atoms with Crippen LogP contribution in [-0.2, 0) is 14.8 Å². The van der Waals surface area contributed by atoms with Crippen molar-refractivity contribution in [1.82, 2.24) is 14.5 Å². The number of carbonyl (C=O) groups is 2. The van der Waals surface area contributed by atoms with Crippen LogP contribution in [0.5, 0.6) is 0 Å². The Balaban J connectivity index is 0.00000280. The van der Waals surface area contributed by atoms with Gasteiger partial charge in [-0.15, -0.1) is 12.4 Å². The second-order valence-corrected chi connectivity index (χ2v) is 9.28. The largest absolute Gasteiger partial charge is 0.337 e. The lowest BCUT2D eigenvalue weighted by Gasteiger charge is -2.38. The summed E-state index contributed by atoms with van der Waals surface area (Å²) in [6, 6.07) is 6.21. The van der Waals surface area contributed by atoms with Gasteiger partial charge in [0.2, 0.25) is 15.9 Å². The minimum Gasteiger partial charge on any atom is -0.337 e. The summed E-state index contributed by atoms with van der Waals surface area (Å²) in [5, 5.41) is 3.28.